The van der Waals surface area contributed by atoms with Crippen molar-refractivity contribution in [2.24, 2.45) is 14.1 Å². The van der Waals surface area contributed by atoms with Crippen LogP contribution < -0.4 is 5.56 Å². The van der Waals surface area contributed by atoms with Crippen LogP contribution in [0.2, 0.25) is 0 Å². The summed E-state index contributed by atoms with van der Waals surface area (Å²) < 4.78 is 3.30. The number of carbonyl (C=O) groups is 1. The van der Waals surface area contributed by atoms with Crippen molar-refractivity contribution in [3.05, 3.63) is 51.2 Å². The van der Waals surface area contributed by atoms with Gasteiger partial charge in [-0.15, -0.1) is 0 Å². The van der Waals surface area contributed by atoms with E-state index in [-0.39, 0.29) is 23.1 Å². The number of pyridine rings is 1. The first-order chi connectivity index (χ1) is 10.9. The minimum atomic E-state index is -0.247. The third-order valence-corrected chi connectivity index (χ3v) is 4.77. The number of hydrogen-bond acceptors (Lipinski definition) is 3. The van der Waals surface area contributed by atoms with Gasteiger partial charge in [-0.1, -0.05) is 0 Å². The van der Waals surface area contributed by atoms with Gasteiger partial charge in [-0.25, -0.2) is 0 Å². The van der Waals surface area contributed by atoms with Crippen molar-refractivity contribution in [1.29, 1.82) is 0 Å². The van der Waals surface area contributed by atoms with Gasteiger partial charge < -0.3 is 9.47 Å². The van der Waals surface area contributed by atoms with E-state index in [1.54, 1.807) is 25.4 Å². The fourth-order valence-electron chi connectivity index (χ4n) is 3.50. The van der Waals surface area contributed by atoms with Crippen LogP contribution in [0.1, 0.15) is 46.2 Å². The van der Waals surface area contributed by atoms with Gasteiger partial charge >= 0.3 is 0 Å². The van der Waals surface area contributed by atoms with Crippen LogP contribution in [0.15, 0.2) is 23.1 Å². The van der Waals surface area contributed by atoms with Gasteiger partial charge in [-0.05, 0) is 38.8 Å². The Kier molecular flexibility index (Phi) is 3.83. The van der Waals surface area contributed by atoms with Gasteiger partial charge in [0.1, 0.15) is 5.56 Å². The first kappa shape index (κ1) is 15.5. The second kappa shape index (κ2) is 5.68. The van der Waals surface area contributed by atoms with Gasteiger partial charge in [0, 0.05) is 38.1 Å². The Morgan fingerprint density at radius 2 is 2.04 bits per heavy atom. The maximum absolute atomic E-state index is 12.9. The van der Waals surface area contributed by atoms with Crippen LogP contribution in [0.3, 0.4) is 0 Å². The number of hydrogen-bond donors (Lipinski definition) is 0. The van der Waals surface area contributed by atoms with Crippen molar-refractivity contribution >= 4 is 5.91 Å². The Hall–Kier alpha value is -2.37. The molecule has 1 saturated heterocycles. The van der Waals surface area contributed by atoms with Crippen molar-refractivity contribution in [2.45, 2.75) is 32.7 Å². The van der Waals surface area contributed by atoms with Crippen LogP contribution in [0.25, 0.3) is 0 Å². The van der Waals surface area contributed by atoms with Crippen LogP contribution in [0.5, 0.6) is 0 Å². The maximum Gasteiger partial charge on any atom is 0.263 e. The molecular weight excluding hydrogens is 292 g/mol. The summed E-state index contributed by atoms with van der Waals surface area (Å²) in [6, 6.07) is 3.35. The van der Waals surface area contributed by atoms with Gasteiger partial charge in [0.2, 0.25) is 0 Å². The number of amides is 1. The summed E-state index contributed by atoms with van der Waals surface area (Å²) in [6.07, 6.45) is 3.51. The molecule has 3 rings (SSSR count). The number of likely N-dealkylation sites (tertiary alicyclic amines) is 1. The zero-order valence-corrected chi connectivity index (χ0v) is 14.0. The summed E-state index contributed by atoms with van der Waals surface area (Å²) in [5.74, 6) is -0.184. The van der Waals surface area contributed by atoms with Gasteiger partial charge in [-0.2, -0.15) is 5.10 Å². The smallest absolute Gasteiger partial charge is 0.263 e. The topological polar surface area (TPSA) is 60.1 Å². The van der Waals surface area contributed by atoms with E-state index in [9.17, 15) is 9.59 Å². The lowest BCUT2D eigenvalue weighted by atomic mass is 10.0. The molecule has 6 nitrogen and oxygen atoms in total. The molecule has 0 spiro atoms. The summed E-state index contributed by atoms with van der Waals surface area (Å²) in [6.45, 7) is 4.68. The number of nitrogens with zero attached hydrogens (tertiary/aromatic N) is 4. The van der Waals surface area contributed by atoms with E-state index in [0.717, 1.165) is 29.8 Å². The van der Waals surface area contributed by atoms with Gasteiger partial charge in [-0.3, -0.25) is 14.3 Å². The van der Waals surface area contributed by atoms with Crippen molar-refractivity contribution in [3.8, 4) is 0 Å². The summed E-state index contributed by atoms with van der Waals surface area (Å²) >= 11 is 0. The number of aromatic nitrogens is 3. The van der Waals surface area contributed by atoms with E-state index in [4.69, 9.17) is 0 Å². The van der Waals surface area contributed by atoms with Crippen molar-refractivity contribution < 1.29 is 4.79 Å². The van der Waals surface area contributed by atoms with Crippen LogP contribution in [-0.2, 0) is 14.1 Å². The second-order valence-corrected chi connectivity index (χ2v) is 6.20. The van der Waals surface area contributed by atoms with Crippen molar-refractivity contribution in [1.82, 2.24) is 19.2 Å². The van der Waals surface area contributed by atoms with Gasteiger partial charge in [0.25, 0.3) is 11.5 Å². The fourth-order valence-corrected chi connectivity index (χ4v) is 3.50. The summed E-state index contributed by atoms with van der Waals surface area (Å²) in [5, 5.41) is 4.47. The predicted octanol–water partition coefficient (Wildman–Crippen LogP) is 1.71. The zero-order valence-electron chi connectivity index (χ0n) is 14.0. The molecule has 3 heterocycles. The van der Waals surface area contributed by atoms with E-state index in [1.165, 1.54) is 4.57 Å². The highest BCUT2D eigenvalue weighted by molar-refractivity contribution is 5.94. The molecule has 1 fully saturated rings. The fraction of sp³-hybridized carbons (Fsp3) is 0.471. The van der Waals surface area contributed by atoms with E-state index in [0.29, 0.717) is 6.54 Å². The van der Waals surface area contributed by atoms with Crippen LogP contribution in [0.4, 0.5) is 0 Å². The average Bonchev–Trinajstić information content (AvgIpc) is 3.07. The minimum Gasteiger partial charge on any atom is -0.331 e. The van der Waals surface area contributed by atoms with Crippen LogP contribution in [-0.4, -0.2) is 31.7 Å². The minimum absolute atomic E-state index is 0.00103. The molecule has 0 N–H and O–H groups in total. The Labute approximate surface area is 135 Å². The molecule has 0 aromatic carbocycles. The highest BCUT2D eigenvalue weighted by Gasteiger charge is 2.34. The molecule has 23 heavy (non-hydrogen) atoms. The molecule has 122 valence electrons. The molecule has 2 aromatic heterocycles. The molecular formula is C17H22N4O2. The number of carbonyl (C=O) groups excluding carboxylic acids is 1. The lowest BCUT2D eigenvalue weighted by molar-refractivity contribution is 0.0732. The average molecular weight is 314 g/mol. The van der Waals surface area contributed by atoms with Crippen LogP contribution >= 0.6 is 0 Å². The van der Waals surface area contributed by atoms with E-state index in [1.807, 2.05) is 30.5 Å². The predicted molar refractivity (Wildman–Crippen MR) is 87.4 cm³/mol. The van der Waals surface area contributed by atoms with Crippen LogP contribution in [0, 0.1) is 13.8 Å². The first-order valence-electron chi connectivity index (χ1n) is 7.88. The zero-order chi connectivity index (χ0) is 16.7. The summed E-state index contributed by atoms with van der Waals surface area (Å²) in [5.41, 5.74) is 3.14. The highest BCUT2D eigenvalue weighted by atomic mass is 16.2. The Morgan fingerprint density at radius 1 is 1.30 bits per heavy atom. The number of aryl methyl sites for hydroxylation is 3. The van der Waals surface area contributed by atoms with Gasteiger partial charge in [0.15, 0.2) is 0 Å². The maximum atomic E-state index is 12.9. The third kappa shape index (κ3) is 2.48. The molecule has 0 saturated carbocycles. The standard InChI is InChI=1S/C17H22N4O2/c1-11-15(12(2)20(4)18-11)14-8-6-10-21(14)17(23)13-7-5-9-19(3)16(13)22/h5,7,9,14H,6,8,10H2,1-4H3. The molecule has 1 amide bonds. The van der Waals surface area contributed by atoms with Crippen molar-refractivity contribution in [3.63, 3.8) is 0 Å². The molecule has 1 aliphatic heterocycles. The number of rotatable bonds is 2. The molecule has 1 atom stereocenters. The van der Waals surface area contributed by atoms with Crippen molar-refractivity contribution in [2.75, 3.05) is 6.54 Å². The molecule has 2 aromatic rings. The summed E-state index contributed by atoms with van der Waals surface area (Å²) in [7, 11) is 3.58. The normalized spacial score (nSPS) is 17.7. The summed E-state index contributed by atoms with van der Waals surface area (Å²) in [4.78, 5) is 27.0. The monoisotopic (exact) mass is 314 g/mol. The molecule has 0 aliphatic carbocycles. The van der Waals surface area contributed by atoms with Gasteiger partial charge in [0.05, 0.1) is 11.7 Å². The Balaban J connectivity index is 2.00. The lowest BCUT2D eigenvalue weighted by Gasteiger charge is -2.25. The molecule has 6 heteroatoms. The SMILES string of the molecule is Cc1nn(C)c(C)c1C1CCCN1C(=O)c1cccn(C)c1=O. The Morgan fingerprint density at radius 3 is 2.70 bits per heavy atom. The van der Waals surface area contributed by atoms with E-state index in [2.05, 4.69) is 5.10 Å². The molecule has 0 radical (unpaired) electrons. The second-order valence-electron chi connectivity index (χ2n) is 6.20. The van der Waals surface area contributed by atoms with E-state index >= 15 is 0 Å². The van der Waals surface area contributed by atoms with E-state index < -0.39 is 0 Å². The lowest BCUT2D eigenvalue weighted by Crippen LogP contribution is -2.36. The highest BCUT2D eigenvalue weighted by Crippen LogP contribution is 2.36. The molecule has 0 bridgehead atoms. The molecule has 1 aliphatic rings. The third-order valence-electron chi connectivity index (χ3n) is 4.77. The largest absolute Gasteiger partial charge is 0.331 e. The quantitative estimate of drug-likeness (QED) is 0.848. The first-order valence-corrected chi connectivity index (χ1v) is 7.88. The molecule has 1 unspecified atom stereocenters. The Bertz CT molecular complexity index is 818.